The summed E-state index contributed by atoms with van der Waals surface area (Å²) in [6.45, 7) is 1.68. The van der Waals surface area contributed by atoms with Gasteiger partial charge in [0.1, 0.15) is 6.04 Å². The Morgan fingerprint density at radius 1 is 1.37 bits per heavy atom. The lowest BCUT2D eigenvalue weighted by molar-refractivity contribution is -0.144. The molecule has 2 atom stereocenters. The molecule has 1 fully saturated rings. The number of likely N-dealkylation sites (N-methyl/N-ethyl adjacent to an activating group) is 1. The van der Waals surface area contributed by atoms with Gasteiger partial charge in [0.15, 0.2) is 0 Å². The second kappa shape index (κ2) is 6.17. The van der Waals surface area contributed by atoms with Crippen LogP contribution in [0.4, 0.5) is 0 Å². The zero-order valence-corrected chi connectivity index (χ0v) is 11.6. The van der Waals surface area contributed by atoms with Crippen LogP contribution in [0, 0.1) is 0 Å². The fraction of sp³-hybridized carbons (Fsp3) is 0.533. The monoisotopic (exact) mass is 262 g/mol. The number of rotatable bonds is 4. The molecule has 4 nitrogen and oxygen atoms in total. The molecule has 4 heteroatoms. The SMILES string of the molecule is CN(C)C1CCCN(C(C(=O)O)c2ccccc2)C1. The van der Waals surface area contributed by atoms with Gasteiger partial charge in [-0.05, 0) is 39.0 Å². The first kappa shape index (κ1) is 14.0. The van der Waals surface area contributed by atoms with Crippen molar-refractivity contribution in [3.05, 3.63) is 35.9 Å². The Kier molecular flexibility index (Phi) is 4.56. The van der Waals surface area contributed by atoms with Gasteiger partial charge in [0.05, 0.1) is 0 Å². The summed E-state index contributed by atoms with van der Waals surface area (Å²) >= 11 is 0. The fourth-order valence-electron chi connectivity index (χ4n) is 2.78. The molecule has 0 aliphatic carbocycles. The van der Waals surface area contributed by atoms with Gasteiger partial charge in [0.2, 0.25) is 0 Å². The van der Waals surface area contributed by atoms with Crippen LogP contribution < -0.4 is 0 Å². The standard InChI is InChI=1S/C15H22N2O2/c1-16(2)13-9-6-10-17(11-13)14(15(18)19)12-7-4-3-5-8-12/h3-5,7-8,13-14H,6,9-11H2,1-2H3,(H,18,19). The minimum atomic E-state index is -0.759. The largest absolute Gasteiger partial charge is 0.480 e. The average molecular weight is 262 g/mol. The van der Waals surface area contributed by atoms with Crippen molar-refractivity contribution in [1.29, 1.82) is 0 Å². The number of likely N-dealkylation sites (tertiary alicyclic amines) is 1. The Balaban J connectivity index is 2.18. The van der Waals surface area contributed by atoms with Crippen LogP contribution in [0.3, 0.4) is 0 Å². The Morgan fingerprint density at radius 3 is 2.63 bits per heavy atom. The van der Waals surface area contributed by atoms with Gasteiger partial charge >= 0.3 is 5.97 Å². The highest BCUT2D eigenvalue weighted by Crippen LogP contribution is 2.26. The van der Waals surface area contributed by atoms with Crippen LogP contribution >= 0.6 is 0 Å². The number of aliphatic carboxylic acids is 1. The van der Waals surface area contributed by atoms with Gasteiger partial charge in [0, 0.05) is 12.6 Å². The van der Waals surface area contributed by atoms with E-state index in [0.717, 1.165) is 31.5 Å². The number of carboxylic acids is 1. The van der Waals surface area contributed by atoms with E-state index in [2.05, 4.69) is 23.9 Å². The number of hydrogen-bond acceptors (Lipinski definition) is 3. The molecule has 0 amide bonds. The normalized spacial score (nSPS) is 22.4. The highest BCUT2D eigenvalue weighted by atomic mass is 16.4. The predicted molar refractivity (Wildman–Crippen MR) is 75.1 cm³/mol. The van der Waals surface area contributed by atoms with Crippen molar-refractivity contribution in [2.45, 2.75) is 24.9 Å². The van der Waals surface area contributed by atoms with Gasteiger partial charge in [-0.2, -0.15) is 0 Å². The third-order valence-corrected chi connectivity index (χ3v) is 3.87. The second-order valence-corrected chi connectivity index (χ2v) is 5.41. The third-order valence-electron chi connectivity index (χ3n) is 3.87. The Morgan fingerprint density at radius 2 is 2.05 bits per heavy atom. The van der Waals surface area contributed by atoms with Gasteiger partial charge in [-0.25, -0.2) is 0 Å². The van der Waals surface area contributed by atoms with Crippen molar-refractivity contribution in [2.75, 3.05) is 27.2 Å². The maximum absolute atomic E-state index is 11.6. The molecule has 1 aromatic rings. The smallest absolute Gasteiger partial charge is 0.325 e. The van der Waals surface area contributed by atoms with Crippen molar-refractivity contribution in [1.82, 2.24) is 9.80 Å². The van der Waals surface area contributed by atoms with Gasteiger partial charge in [-0.1, -0.05) is 30.3 Å². The van der Waals surface area contributed by atoms with E-state index < -0.39 is 12.0 Å². The molecule has 19 heavy (non-hydrogen) atoms. The lowest BCUT2D eigenvalue weighted by Gasteiger charge is -2.39. The summed E-state index contributed by atoms with van der Waals surface area (Å²) in [5.74, 6) is -0.759. The number of hydrogen-bond donors (Lipinski definition) is 1. The summed E-state index contributed by atoms with van der Waals surface area (Å²) in [5.41, 5.74) is 0.870. The van der Waals surface area contributed by atoms with E-state index in [9.17, 15) is 9.90 Å². The molecule has 1 saturated heterocycles. The fourth-order valence-corrected chi connectivity index (χ4v) is 2.78. The molecule has 0 saturated carbocycles. The van der Waals surface area contributed by atoms with Crippen LogP contribution in [-0.2, 0) is 4.79 Å². The van der Waals surface area contributed by atoms with Crippen LogP contribution in [-0.4, -0.2) is 54.1 Å². The molecular formula is C15H22N2O2. The first-order valence-electron chi connectivity index (χ1n) is 6.78. The molecule has 0 radical (unpaired) electrons. The minimum absolute atomic E-state index is 0.444. The first-order chi connectivity index (χ1) is 9.09. The number of piperidine rings is 1. The zero-order valence-electron chi connectivity index (χ0n) is 11.6. The van der Waals surface area contributed by atoms with Gasteiger partial charge in [0.25, 0.3) is 0 Å². The quantitative estimate of drug-likeness (QED) is 0.899. The van der Waals surface area contributed by atoms with Crippen LogP contribution in [0.2, 0.25) is 0 Å². The predicted octanol–water partition coefficient (Wildman–Crippen LogP) is 1.84. The Hall–Kier alpha value is -1.39. The average Bonchev–Trinajstić information content (AvgIpc) is 2.40. The molecule has 104 valence electrons. The zero-order chi connectivity index (χ0) is 13.8. The van der Waals surface area contributed by atoms with E-state index in [-0.39, 0.29) is 0 Å². The molecule has 0 spiro atoms. The third kappa shape index (κ3) is 3.33. The summed E-state index contributed by atoms with van der Waals surface area (Å²) in [5, 5.41) is 9.55. The lowest BCUT2D eigenvalue weighted by Crippen LogP contribution is -2.48. The second-order valence-electron chi connectivity index (χ2n) is 5.41. The molecule has 2 rings (SSSR count). The number of nitrogens with zero attached hydrogens (tertiary/aromatic N) is 2. The van der Waals surface area contributed by atoms with Crippen molar-refractivity contribution in [3.63, 3.8) is 0 Å². The molecule has 0 aromatic heterocycles. The van der Waals surface area contributed by atoms with Gasteiger partial charge in [-0.15, -0.1) is 0 Å². The summed E-state index contributed by atoms with van der Waals surface area (Å²) in [6.07, 6.45) is 2.20. The molecule has 1 aliphatic rings. The molecular weight excluding hydrogens is 240 g/mol. The van der Waals surface area contributed by atoms with Crippen LogP contribution in [0.15, 0.2) is 30.3 Å². The van der Waals surface area contributed by atoms with E-state index in [1.165, 1.54) is 0 Å². The van der Waals surface area contributed by atoms with Gasteiger partial charge < -0.3 is 10.0 Å². The van der Waals surface area contributed by atoms with Crippen LogP contribution in [0.25, 0.3) is 0 Å². The maximum atomic E-state index is 11.6. The minimum Gasteiger partial charge on any atom is -0.480 e. The topological polar surface area (TPSA) is 43.8 Å². The Labute approximate surface area is 114 Å². The number of carbonyl (C=O) groups is 1. The maximum Gasteiger partial charge on any atom is 0.325 e. The van der Waals surface area contributed by atoms with E-state index >= 15 is 0 Å². The molecule has 1 aromatic carbocycles. The van der Waals surface area contributed by atoms with Crippen molar-refractivity contribution in [3.8, 4) is 0 Å². The van der Waals surface area contributed by atoms with E-state index in [1.54, 1.807) is 0 Å². The van der Waals surface area contributed by atoms with Crippen molar-refractivity contribution < 1.29 is 9.90 Å². The van der Waals surface area contributed by atoms with Crippen LogP contribution in [0.5, 0.6) is 0 Å². The molecule has 0 bridgehead atoms. The molecule has 1 N–H and O–H groups in total. The summed E-state index contributed by atoms with van der Waals surface area (Å²) in [4.78, 5) is 15.9. The van der Waals surface area contributed by atoms with E-state index in [1.807, 2.05) is 30.3 Å². The van der Waals surface area contributed by atoms with E-state index in [4.69, 9.17) is 0 Å². The summed E-state index contributed by atoms with van der Waals surface area (Å²) in [7, 11) is 4.12. The molecule has 1 aliphatic heterocycles. The van der Waals surface area contributed by atoms with Crippen molar-refractivity contribution >= 4 is 5.97 Å². The number of carboxylic acid groups (broad SMARTS) is 1. The van der Waals surface area contributed by atoms with Gasteiger partial charge in [-0.3, -0.25) is 9.69 Å². The van der Waals surface area contributed by atoms with Crippen LogP contribution in [0.1, 0.15) is 24.4 Å². The number of benzene rings is 1. The highest BCUT2D eigenvalue weighted by Gasteiger charge is 2.31. The summed E-state index contributed by atoms with van der Waals surface area (Å²) < 4.78 is 0. The first-order valence-corrected chi connectivity index (χ1v) is 6.78. The summed E-state index contributed by atoms with van der Waals surface area (Å²) in [6, 6.07) is 9.44. The molecule has 1 heterocycles. The molecule has 2 unspecified atom stereocenters. The Bertz CT molecular complexity index is 419. The highest BCUT2D eigenvalue weighted by molar-refractivity contribution is 5.75. The van der Waals surface area contributed by atoms with Crippen molar-refractivity contribution in [2.24, 2.45) is 0 Å². The lowest BCUT2D eigenvalue weighted by atomic mass is 9.99. The van der Waals surface area contributed by atoms with E-state index in [0.29, 0.717) is 6.04 Å².